The Kier molecular flexibility index (Phi) is 3.27. The molecule has 0 amide bonds. The summed E-state index contributed by atoms with van der Waals surface area (Å²) in [5.74, 6) is 2.59. The van der Waals surface area contributed by atoms with Crippen molar-refractivity contribution in [2.45, 2.75) is 29.4 Å². The van der Waals surface area contributed by atoms with E-state index in [2.05, 4.69) is 36.2 Å². The Bertz CT molecular complexity index is 183. The maximum Gasteiger partial charge on any atom is 0.0810 e. The number of ether oxygens (including phenoxy) is 1. The Morgan fingerprint density at radius 2 is 2.15 bits per heavy atom. The van der Waals surface area contributed by atoms with Gasteiger partial charge >= 0.3 is 0 Å². The monoisotopic (exact) mass is 216 g/mol. The van der Waals surface area contributed by atoms with Crippen LogP contribution in [0.2, 0.25) is 0 Å². The quantitative estimate of drug-likeness (QED) is 0.529. The van der Waals surface area contributed by atoms with Crippen LogP contribution in [0.15, 0.2) is 12.7 Å². The third-order valence-corrected chi connectivity index (χ3v) is 5.92. The van der Waals surface area contributed by atoms with E-state index in [9.17, 15) is 0 Å². The molecule has 2 fully saturated rings. The number of rotatable bonds is 4. The zero-order valence-corrected chi connectivity index (χ0v) is 9.46. The topological polar surface area (TPSA) is 12.5 Å². The van der Waals surface area contributed by atoms with E-state index in [4.69, 9.17) is 4.74 Å². The molecule has 1 nitrogen and oxygen atoms in total. The highest BCUT2D eigenvalue weighted by molar-refractivity contribution is 8.19. The van der Waals surface area contributed by atoms with Crippen LogP contribution in [0.1, 0.15) is 19.3 Å². The minimum Gasteiger partial charge on any atom is -0.373 e. The summed E-state index contributed by atoms with van der Waals surface area (Å²) in [4.78, 5) is 0. The van der Waals surface area contributed by atoms with E-state index in [1.54, 1.807) is 0 Å². The second-order valence-corrected chi connectivity index (χ2v) is 6.67. The Hall–Kier alpha value is 0.400. The first-order chi connectivity index (χ1) is 6.35. The van der Waals surface area contributed by atoms with Gasteiger partial charge in [0.05, 0.1) is 16.8 Å². The van der Waals surface area contributed by atoms with Gasteiger partial charge < -0.3 is 4.74 Å². The first kappa shape index (κ1) is 9.94. The van der Waals surface area contributed by atoms with Crippen LogP contribution in [0, 0.1) is 0 Å². The lowest BCUT2D eigenvalue weighted by Gasteiger charge is -2.33. The second-order valence-electron chi connectivity index (χ2n) is 3.56. The van der Waals surface area contributed by atoms with Gasteiger partial charge in [0.1, 0.15) is 0 Å². The molecule has 2 rings (SSSR count). The second kappa shape index (κ2) is 4.28. The highest BCUT2D eigenvalue weighted by Gasteiger charge is 2.33. The summed E-state index contributed by atoms with van der Waals surface area (Å²) in [7, 11) is 0. The van der Waals surface area contributed by atoms with Crippen molar-refractivity contribution in [3.63, 3.8) is 0 Å². The predicted octanol–water partition coefficient (Wildman–Crippen LogP) is 2.92. The average Bonchev–Trinajstić information content (AvgIpc) is 3.00. The van der Waals surface area contributed by atoms with Crippen LogP contribution in [-0.2, 0) is 4.74 Å². The molecule has 0 aromatic carbocycles. The van der Waals surface area contributed by atoms with Gasteiger partial charge in [-0.05, 0) is 30.8 Å². The predicted molar refractivity (Wildman–Crippen MR) is 61.4 cm³/mol. The highest BCUT2D eigenvalue weighted by atomic mass is 32.2. The maximum absolute atomic E-state index is 5.24. The number of hydrogen-bond acceptors (Lipinski definition) is 3. The zero-order valence-electron chi connectivity index (χ0n) is 7.83. The molecule has 2 heterocycles. The van der Waals surface area contributed by atoms with Crippen LogP contribution in [0.25, 0.3) is 0 Å². The van der Waals surface area contributed by atoms with Crippen molar-refractivity contribution < 1.29 is 4.74 Å². The molecule has 0 N–H and O–H groups in total. The van der Waals surface area contributed by atoms with E-state index in [-0.39, 0.29) is 0 Å². The lowest BCUT2D eigenvalue weighted by molar-refractivity contribution is 0.391. The van der Waals surface area contributed by atoms with Gasteiger partial charge in [-0.3, -0.25) is 0 Å². The highest BCUT2D eigenvalue weighted by Crippen LogP contribution is 2.47. The molecule has 13 heavy (non-hydrogen) atoms. The summed E-state index contributed by atoms with van der Waals surface area (Å²) in [6, 6.07) is 0. The van der Waals surface area contributed by atoms with Crippen molar-refractivity contribution in [2.24, 2.45) is 0 Å². The summed E-state index contributed by atoms with van der Waals surface area (Å²) in [5, 5.41) is 0. The third kappa shape index (κ3) is 2.67. The van der Waals surface area contributed by atoms with E-state index in [1.165, 1.54) is 30.8 Å². The molecule has 0 aromatic heterocycles. The Morgan fingerprint density at radius 3 is 2.69 bits per heavy atom. The lowest BCUT2D eigenvalue weighted by Crippen LogP contribution is -2.22. The summed E-state index contributed by atoms with van der Waals surface area (Å²) in [6.07, 6.45) is 6.51. The summed E-state index contributed by atoms with van der Waals surface area (Å²) < 4.78 is 5.55. The fourth-order valence-corrected chi connectivity index (χ4v) is 4.60. The molecule has 74 valence electrons. The van der Waals surface area contributed by atoms with E-state index in [0.29, 0.717) is 10.2 Å². The van der Waals surface area contributed by atoms with Gasteiger partial charge in [-0.15, -0.1) is 30.1 Å². The lowest BCUT2D eigenvalue weighted by atomic mass is 10.2. The van der Waals surface area contributed by atoms with Crippen LogP contribution in [-0.4, -0.2) is 28.3 Å². The minimum atomic E-state index is 0.310. The largest absolute Gasteiger partial charge is 0.373 e. The molecular formula is C10H16OS2. The van der Waals surface area contributed by atoms with E-state index < -0.39 is 0 Å². The molecule has 0 saturated carbocycles. The van der Waals surface area contributed by atoms with E-state index in [1.807, 2.05) is 0 Å². The fraction of sp³-hybridized carbons (Fsp3) is 0.800. The van der Waals surface area contributed by atoms with Gasteiger partial charge in [0.15, 0.2) is 0 Å². The van der Waals surface area contributed by atoms with Crippen molar-refractivity contribution in [3.8, 4) is 0 Å². The van der Waals surface area contributed by atoms with Crippen molar-refractivity contribution >= 4 is 23.5 Å². The number of hydrogen-bond donors (Lipinski definition) is 0. The van der Waals surface area contributed by atoms with Crippen LogP contribution < -0.4 is 0 Å². The van der Waals surface area contributed by atoms with Crippen LogP contribution >= 0.6 is 23.5 Å². The Labute approximate surface area is 88.7 Å². The molecule has 2 saturated heterocycles. The van der Waals surface area contributed by atoms with Gasteiger partial charge in [0, 0.05) is 0 Å². The van der Waals surface area contributed by atoms with Crippen molar-refractivity contribution in [2.75, 3.05) is 18.1 Å². The van der Waals surface area contributed by atoms with Crippen LogP contribution in [0.3, 0.4) is 0 Å². The van der Waals surface area contributed by atoms with Gasteiger partial charge in [-0.25, -0.2) is 0 Å². The number of epoxide rings is 1. The van der Waals surface area contributed by atoms with Crippen molar-refractivity contribution in [3.05, 3.63) is 12.7 Å². The normalized spacial score (nSPS) is 31.2. The third-order valence-electron chi connectivity index (χ3n) is 2.51. The smallest absolute Gasteiger partial charge is 0.0810 e. The Balaban J connectivity index is 1.84. The van der Waals surface area contributed by atoms with Gasteiger partial charge in [0.2, 0.25) is 0 Å². The van der Waals surface area contributed by atoms with Crippen LogP contribution in [0.4, 0.5) is 0 Å². The first-order valence-corrected chi connectivity index (χ1v) is 6.85. The van der Waals surface area contributed by atoms with Crippen molar-refractivity contribution in [1.82, 2.24) is 0 Å². The Morgan fingerprint density at radius 1 is 1.46 bits per heavy atom. The average molecular weight is 216 g/mol. The molecule has 3 heteroatoms. The number of thioether (sulfide) groups is 2. The van der Waals surface area contributed by atoms with Gasteiger partial charge in [-0.2, -0.15) is 0 Å². The summed E-state index contributed by atoms with van der Waals surface area (Å²) in [5.41, 5.74) is 0. The summed E-state index contributed by atoms with van der Waals surface area (Å²) in [6.45, 7) is 4.96. The molecule has 2 aliphatic heterocycles. The molecule has 2 aliphatic rings. The molecule has 0 unspecified atom stereocenters. The molecular weight excluding hydrogens is 200 g/mol. The van der Waals surface area contributed by atoms with Crippen molar-refractivity contribution in [1.29, 1.82) is 0 Å². The molecule has 0 spiro atoms. The van der Waals surface area contributed by atoms with Gasteiger partial charge in [-0.1, -0.05) is 6.08 Å². The minimum absolute atomic E-state index is 0.310. The molecule has 1 atom stereocenters. The van der Waals surface area contributed by atoms with E-state index >= 15 is 0 Å². The SMILES string of the molecule is C=CC1(CC[C@@H]2CO2)SCCCS1. The summed E-state index contributed by atoms with van der Waals surface area (Å²) >= 11 is 4.14. The molecule has 0 aliphatic carbocycles. The standard InChI is InChI=1S/C10H16OS2/c1-2-10(5-4-9-8-11-9)12-6-3-7-13-10/h2,9H,1,3-8H2/t9-/m1/s1. The fourth-order valence-electron chi connectivity index (χ4n) is 1.55. The van der Waals surface area contributed by atoms with Crippen LogP contribution in [0.5, 0.6) is 0 Å². The molecule has 0 bridgehead atoms. The molecule has 0 radical (unpaired) electrons. The first-order valence-electron chi connectivity index (χ1n) is 4.88. The molecule has 0 aromatic rings. The van der Waals surface area contributed by atoms with Gasteiger partial charge in [0.25, 0.3) is 0 Å². The van der Waals surface area contributed by atoms with E-state index in [0.717, 1.165) is 6.61 Å². The maximum atomic E-state index is 5.24. The zero-order chi connectivity index (χ0) is 9.15.